The Labute approximate surface area is 119 Å². The maximum absolute atomic E-state index is 6.09. The predicted molar refractivity (Wildman–Crippen MR) is 78.4 cm³/mol. The zero-order chi connectivity index (χ0) is 12.3. The first-order valence-electron chi connectivity index (χ1n) is 5.05. The van der Waals surface area contributed by atoms with Gasteiger partial charge in [-0.1, -0.05) is 35.3 Å². The molecule has 0 fully saturated rings. The van der Waals surface area contributed by atoms with E-state index in [9.17, 15) is 0 Å². The molecule has 1 nitrogen and oxygen atoms in total. The van der Waals surface area contributed by atoms with E-state index < -0.39 is 0 Å². The summed E-state index contributed by atoms with van der Waals surface area (Å²) in [5.41, 5.74) is 6.09. The minimum atomic E-state index is -0.00577. The molecule has 0 amide bonds. The fourth-order valence-corrected chi connectivity index (χ4v) is 3.74. The van der Waals surface area contributed by atoms with Crippen LogP contribution >= 0.6 is 46.3 Å². The average Bonchev–Trinajstić information content (AvgIpc) is 2.74. The number of halogens is 2. The molecule has 0 spiro atoms. The van der Waals surface area contributed by atoms with Gasteiger partial charge in [0, 0.05) is 21.6 Å². The van der Waals surface area contributed by atoms with Gasteiger partial charge in [-0.05, 0) is 24.3 Å². The van der Waals surface area contributed by atoms with Crippen LogP contribution in [0.3, 0.4) is 0 Å². The van der Waals surface area contributed by atoms with Gasteiger partial charge in [0.2, 0.25) is 0 Å². The standard InChI is InChI=1S/C12H11Cl2NS2/c13-8-3-1-2-4-10(8)16-7-9(15)11-5-6-12(14)17-11/h1-6,9H,7,15H2. The molecule has 1 aromatic carbocycles. The van der Waals surface area contributed by atoms with E-state index in [-0.39, 0.29) is 6.04 Å². The molecule has 0 saturated carbocycles. The highest BCUT2D eigenvalue weighted by atomic mass is 35.5. The Balaban J connectivity index is 1.97. The average molecular weight is 304 g/mol. The van der Waals surface area contributed by atoms with Crippen LogP contribution in [0.25, 0.3) is 0 Å². The van der Waals surface area contributed by atoms with E-state index in [0.717, 1.165) is 24.9 Å². The third-order valence-corrected chi connectivity index (χ3v) is 5.21. The second-order valence-corrected chi connectivity index (χ2v) is 6.71. The van der Waals surface area contributed by atoms with E-state index >= 15 is 0 Å². The van der Waals surface area contributed by atoms with E-state index in [4.69, 9.17) is 28.9 Å². The molecule has 2 aromatic rings. The second kappa shape index (κ2) is 6.12. The molecule has 90 valence electrons. The van der Waals surface area contributed by atoms with Crippen LogP contribution in [-0.4, -0.2) is 5.75 Å². The molecule has 0 bridgehead atoms. The maximum Gasteiger partial charge on any atom is 0.0931 e. The van der Waals surface area contributed by atoms with Crippen molar-refractivity contribution in [2.45, 2.75) is 10.9 Å². The molecule has 2 rings (SSSR count). The molecule has 1 unspecified atom stereocenters. The molecule has 0 aliphatic rings. The van der Waals surface area contributed by atoms with Crippen LogP contribution in [0.4, 0.5) is 0 Å². The Morgan fingerprint density at radius 3 is 2.59 bits per heavy atom. The topological polar surface area (TPSA) is 26.0 Å². The lowest BCUT2D eigenvalue weighted by Crippen LogP contribution is -2.11. The zero-order valence-corrected chi connectivity index (χ0v) is 12.0. The maximum atomic E-state index is 6.09. The number of rotatable bonds is 4. The van der Waals surface area contributed by atoms with E-state index in [1.54, 1.807) is 11.8 Å². The molecular weight excluding hydrogens is 293 g/mol. The molecular formula is C12H11Cl2NS2. The number of nitrogens with two attached hydrogens (primary N) is 1. The van der Waals surface area contributed by atoms with Crippen molar-refractivity contribution in [1.82, 2.24) is 0 Å². The largest absolute Gasteiger partial charge is 0.323 e. The highest BCUT2D eigenvalue weighted by molar-refractivity contribution is 7.99. The third kappa shape index (κ3) is 3.63. The van der Waals surface area contributed by atoms with Gasteiger partial charge in [-0.2, -0.15) is 0 Å². The second-order valence-electron chi connectivity index (χ2n) is 3.49. The number of thioether (sulfide) groups is 1. The Morgan fingerprint density at radius 2 is 1.94 bits per heavy atom. The molecule has 1 atom stereocenters. The lowest BCUT2D eigenvalue weighted by molar-refractivity contribution is 0.852. The zero-order valence-electron chi connectivity index (χ0n) is 8.90. The summed E-state index contributed by atoms with van der Waals surface area (Å²) in [6.07, 6.45) is 0. The fourth-order valence-electron chi connectivity index (χ4n) is 1.35. The van der Waals surface area contributed by atoms with Crippen LogP contribution in [0.5, 0.6) is 0 Å². The lowest BCUT2D eigenvalue weighted by atomic mass is 10.3. The summed E-state index contributed by atoms with van der Waals surface area (Å²) in [5.74, 6) is 0.792. The van der Waals surface area contributed by atoms with Gasteiger partial charge in [-0.3, -0.25) is 0 Å². The summed E-state index contributed by atoms with van der Waals surface area (Å²) in [6, 6.07) is 11.6. The predicted octanol–water partition coefficient (Wildman–Crippen LogP) is 4.85. The van der Waals surface area contributed by atoms with E-state index in [1.165, 1.54) is 11.3 Å². The van der Waals surface area contributed by atoms with Gasteiger partial charge in [-0.25, -0.2) is 0 Å². The summed E-state index contributed by atoms with van der Waals surface area (Å²) < 4.78 is 0.776. The van der Waals surface area contributed by atoms with Crippen LogP contribution in [0, 0.1) is 0 Å². The van der Waals surface area contributed by atoms with Crippen LogP contribution in [-0.2, 0) is 0 Å². The fraction of sp³-hybridized carbons (Fsp3) is 0.167. The van der Waals surface area contributed by atoms with Gasteiger partial charge >= 0.3 is 0 Å². The minimum Gasteiger partial charge on any atom is -0.323 e. The van der Waals surface area contributed by atoms with E-state index in [1.807, 2.05) is 36.4 Å². The highest BCUT2D eigenvalue weighted by Gasteiger charge is 2.10. The molecule has 0 radical (unpaired) electrons. The molecule has 2 N–H and O–H groups in total. The summed E-state index contributed by atoms with van der Waals surface area (Å²) in [4.78, 5) is 2.17. The van der Waals surface area contributed by atoms with Crippen LogP contribution in [0.15, 0.2) is 41.3 Å². The lowest BCUT2D eigenvalue weighted by Gasteiger charge is -2.09. The van der Waals surface area contributed by atoms with Crippen molar-refractivity contribution < 1.29 is 0 Å². The normalized spacial score (nSPS) is 12.6. The number of hydrogen-bond acceptors (Lipinski definition) is 3. The van der Waals surface area contributed by atoms with Gasteiger partial charge in [0.15, 0.2) is 0 Å². The van der Waals surface area contributed by atoms with E-state index in [0.29, 0.717) is 0 Å². The van der Waals surface area contributed by atoms with Crippen LogP contribution in [0.2, 0.25) is 9.36 Å². The summed E-state index contributed by atoms with van der Waals surface area (Å²) >= 11 is 15.2. The Morgan fingerprint density at radius 1 is 1.18 bits per heavy atom. The Bertz CT molecular complexity index is 499. The molecule has 17 heavy (non-hydrogen) atoms. The molecule has 0 saturated heterocycles. The Kier molecular flexibility index (Phi) is 4.77. The number of hydrogen-bond donors (Lipinski definition) is 1. The number of thiophene rings is 1. The van der Waals surface area contributed by atoms with Crippen molar-refractivity contribution in [3.63, 3.8) is 0 Å². The summed E-state index contributed by atoms with van der Waals surface area (Å²) in [6.45, 7) is 0. The number of benzene rings is 1. The van der Waals surface area contributed by atoms with Crippen molar-refractivity contribution >= 4 is 46.3 Å². The van der Waals surface area contributed by atoms with Crippen molar-refractivity contribution in [2.24, 2.45) is 5.73 Å². The smallest absolute Gasteiger partial charge is 0.0931 e. The van der Waals surface area contributed by atoms with Gasteiger partial charge in [0.05, 0.1) is 9.36 Å². The first kappa shape index (κ1) is 13.2. The van der Waals surface area contributed by atoms with Gasteiger partial charge in [0.1, 0.15) is 0 Å². The SMILES string of the molecule is NC(CSc1ccccc1Cl)c1ccc(Cl)s1. The van der Waals surface area contributed by atoms with Gasteiger partial charge < -0.3 is 5.73 Å². The third-order valence-electron chi connectivity index (χ3n) is 2.21. The Hall–Kier alpha value is -0.190. The first-order chi connectivity index (χ1) is 8.16. The molecule has 0 aliphatic carbocycles. The van der Waals surface area contributed by atoms with E-state index in [2.05, 4.69) is 0 Å². The van der Waals surface area contributed by atoms with Gasteiger partial charge in [-0.15, -0.1) is 23.1 Å². The van der Waals surface area contributed by atoms with Crippen molar-refractivity contribution in [3.05, 3.63) is 50.6 Å². The summed E-state index contributed by atoms with van der Waals surface area (Å²) in [5, 5.41) is 0.772. The molecule has 5 heteroatoms. The monoisotopic (exact) mass is 303 g/mol. The summed E-state index contributed by atoms with van der Waals surface area (Å²) in [7, 11) is 0. The first-order valence-corrected chi connectivity index (χ1v) is 7.61. The molecule has 1 heterocycles. The van der Waals surface area contributed by atoms with Gasteiger partial charge in [0.25, 0.3) is 0 Å². The van der Waals surface area contributed by atoms with Crippen molar-refractivity contribution in [3.8, 4) is 0 Å². The highest BCUT2D eigenvalue weighted by Crippen LogP contribution is 2.32. The van der Waals surface area contributed by atoms with Crippen LogP contribution in [0.1, 0.15) is 10.9 Å². The van der Waals surface area contributed by atoms with Crippen LogP contribution < -0.4 is 5.73 Å². The quantitative estimate of drug-likeness (QED) is 0.817. The molecule has 1 aromatic heterocycles. The molecule has 0 aliphatic heterocycles. The van der Waals surface area contributed by atoms with Crippen molar-refractivity contribution in [1.29, 1.82) is 0 Å². The minimum absolute atomic E-state index is 0.00577. The van der Waals surface area contributed by atoms with Crippen molar-refractivity contribution in [2.75, 3.05) is 5.75 Å².